The van der Waals surface area contributed by atoms with Gasteiger partial charge in [-0.25, -0.2) is 14.0 Å². The molecule has 9 heteroatoms. The molecule has 0 aliphatic rings. The van der Waals surface area contributed by atoms with E-state index < -0.39 is 41.9 Å². The van der Waals surface area contributed by atoms with Crippen LogP contribution in [0.2, 0.25) is 0 Å². The molecule has 8 nitrogen and oxygen atoms in total. The molecular weight excluding hydrogens is 273 g/mol. The van der Waals surface area contributed by atoms with Gasteiger partial charge in [0.1, 0.15) is 6.61 Å². The van der Waals surface area contributed by atoms with Crippen LogP contribution in [0.5, 0.6) is 0 Å². The minimum atomic E-state index is -1.26. The van der Waals surface area contributed by atoms with Crippen molar-refractivity contribution in [3.8, 4) is 0 Å². The molecular formula is C11H14FN3O5. The average Bonchev–Trinajstić information content (AvgIpc) is 2.39. The van der Waals surface area contributed by atoms with Gasteiger partial charge in [-0.3, -0.25) is 4.79 Å². The van der Waals surface area contributed by atoms with Crippen LogP contribution in [-0.2, 0) is 9.53 Å². The van der Waals surface area contributed by atoms with Gasteiger partial charge in [-0.2, -0.15) is 9.55 Å². The van der Waals surface area contributed by atoms with Crippen molar-refractivity contribution in [2.24, 2.45) is 5.92 Å². The molecule has 1 atom stereocenters. The van der Waals surface area contributed by atoms with E-state index in [4.69, 9.17) is 10.8 Å². The van der Waals surface area contributed by atoms with Crippen LogP contribution >= 0.6 is 0 Å². The third-order valence-corrected chi connectivity index (χ3v) is 2.54. The Labute approximate surface area is 113 Å². The number of rotatable bonds is 5. The monoisotopic (exact) mass is 287 g/mol. The highest BCUT2D eigenvalue weighted by molar-refractivity contribution is 5.75. The number of carboxylic acid groups (broad SMARTS) is 1. The molecule has 1 aromatic heterocycles. The normalized spacial score (nSPS) is 11.9. The predicted octanol–water partition coefficient (Wildman–Crippen LogP) is 0.450. The summed E-state index contributed by atoms with van der Waals surface area (Å²) in [5.74, 6) is -3.82. The van der Waals surface area contributed by atoms with Crippen molar-refractivity contribution in [3.63, 3.8) is 0 Å². The summed E-state index contributed by atoms with van der Waals surface area (Å²) in [6.45, 7) is 1.33. The Hall–Kier alpha value is -2.45. The number of ether oxygens (including phenoxy) is 1. The number of nitrogens with two attached hydrogens (primary N) is 1. The summed E-state index contributed by atoms with van der Waals surface area (Å²) in [5, 5.41) is 8.88. The van der Waals surface area contributed by atoms with E-state index in [1.807, 2.05) is 0 Å². The van der Waals surface area contributed by atoms with Crippen LogP contribution in [0.15, 0.2) is 11.0 Å². The van der Waals surface area contributed by atoms with Crippen molar-refractivity contribution in [1.29, 1.82) is 0 Å². The lowest BCUT2D eigenvalue weighted by atomic mass is 10.1. The number of carbonyl (C=O) groups excluding carboxylic acids is 1. The molecule has 0 aliphatic carbocycles. The lowest BCUT2D eigenvalue weighted by Crippen LogP contribution is -2.34. The number of aromatic nitrogens is 2. The largest absolute Gasteiger partial charge is 0.481 e. The average molecular weight is 287 g/mol. The number of carbonyl (C=O) groups is 2. The summed E-state index contributed by atoms with van der Waals surface area (Å²) < 4.78 is 18.0. The van der Waals surface area contributed by atoms with Gasteiger partial charge in [0.05, 0.1) is 12.1 Å². The molecule has 1 aromatic rings. The molecule has 0 amide bonds. The van der Waals surface area contributed by atoms with Crippen molar-refractivity contribution in [2.75, 3.05) is 12.3 Å². The van der Waals surface area contributed by atoms with Gasteiger partial charge in [0.2, 0.25) is 0 Å². The van der Waals surface area contributed by atoms with E-state index in [0.29, 0.717) is 19.0 Å². The summed E-state index contributed by atoms with van der Waals surface area (Å²) in [6.07, 6.45) is 0.201. The number of nitrogens with zero attached hydrogens (tertiary/aromatic N) is 2. The van der Waals surface area contributed by atoms with Crippen molar-refractivity contribution >= 4 is 17.9 Å². The standard InChI is InChI=1S/C11H14FN3O5/c1-2-3-6(9(16)17)5-20-11(19)15-8(13)7(12)4-14-10(15)18/h4,6H,2-3,5,13H2,1H3,(H,16,17). The molecule has 1 rings (SSSR count). The number of carboxylic acids is 1. The molecule has 3 N–H and O–H groups in total. The molecule has 0 aromatic carbocycles. The number of halogens is 1. The minimum absolute atomic E-state index is 0.209. The van der Waals surface area contributed by atoms with E-state index in [9.17, 15) is 18.8 Å². The number of nitrogen functional groups attached to an aromatic ring is 1. The zero-order valence-corrected chi connectivity index (χ0v) is 10.7. The van der Waals surface area contributed by atoms with E-state index in [2.05, 4.69) is 9.72 Å². The summed E-state index contributed by atoms with van der Waals surface area (Å²) in [4.78, 5) is 36.9. The topological polar surface area (TPSA) is 125 Å². The predicted molar refractivity (Wildman–Crippen MR) is 65.6 cm³/mol. The van der Waals surface area contributed by atoms with Gasteiger partial charge in [0.25, 0.3) is 0 Å². The quantitative estimate of drug-likeness (QED) is 0.805. The lowest BCUT2D eigenvalue weighted by Gasteiger charge is -2.13. The van der Waals surface area contributed by atoms with Crippen LogP contribution in [0.25, 0.3) is 0 Å². The Kier molecular flexibility index (Phi) is 5.18. The van der Waals surface area contributed by atoms with E-state index in [-0.39, 0.29) is 4.57 Å². The lowest BCUT2D eigenvalue weighted by molar-refractivity contribution is -0.143. The van der Waals surface area contributed by atoms with Gasteiger partial charge in [-0.05, 0) is 6.42 Å². The second-order valence-electron chi connectivity index (χ2n) is 4.01. The zero-order valence-electron chi connectivity index (χ0n) is 10.7. The fraction of sp³-hybridized carbons (Fsp3) is 0.455. The van der Waals surface area contributed by atoms with Crippen LogP contribution < -0.4 is 11.4 Å². The van der Waals surface area contributed by atoms with E-state index in [1.54, 1.807) is 6.92 Å². The minimum Gasteiger partial charge on any atom is -0.481 e. The second kappa shape index (κ2) is 6.64. The molecule has 0 saturated carbocycles. The Morgan fingerprint density at radius 2 is 2.25 bits per heavy atom. The van der Waals surface area contributed by atoms with Crippen LogP contribution in [0, 0.1) is 11.7 Å². The second-order valence-corrected chi connectivity index (χ2v) is 4.01. The Bertz CT molecular complexity index is 572. The number of anilines is 1. The summed E-state index contributed by atoms with van der Waals surface area (Å²) in [6, 6.07) is 0. The highest BCUT2D eigenvalue weighted by Crippen LogP contribution is 2.09. The maximum absolute atomic E-state index is 13.1. The number of hydrogen-bond donors (Lipinski definition) is 2. The van der Waals surface area contributed by atoms with Crippen molar-refractivity contribution in [3.05, 3.63) is 22.5 Å². The third kappa shape index (κ3) is 3.53. The first-order valence-electron chi connectivity index (χ1n) is 5.81. The Morgan fingerprint density at radius 1 is 1.60 bits per heavy atom. The maximum Gasteiger partial charge on any atom is 0.424 e. The highest BCUT2D eigenvalue weighted by Gasteiger charge is 2.21. The zero-order chi connectivity index (χ0) is 15.3. The van der Waals surface area contributed by atoms with E-state index in [0.717, 1.165) is 0 Å². The third-order valence-electron chi connectivity index (χ3n) is 2.54. The van der Waals surface area contributed by atoms with Gasteiger partial charge in [0, 0.05) is 0 Å². The van der Waals surface area contributed by atoms with Gasteiger partial charge in [-0.15, -0.1) is 0 Å². The molecule has 20 heavy (non-hydrogen) atoms. The van der Waals surface area contributed by atoms with Crippen molar-refractivity contribution in [1.82, 2.24) is 9.55 Å². The molecule has 0 bridgehead atoms. The fourth-order valence-corrected chi connectivity index (χ4v) is 1.49. The molecule has 1 unspecified atom stereocenters. The molecule has 0 aliphatic heterocycles. The first kappa shape index (κ1) is 15.6. The molecule has 110 valence electrons. The molecule has 0 radical (unpaired) electrons. The SMILES string of the molecule is CCCC(COC(=O)n1c(N)c(F)cnc1=O)C(=O)O. The molecule has 0 spiro atoms. The van der Waals surface area contributed by atoms with Gasteiger partial charge in [-0.1, -0.05) is 13.3 Å². The van der Waals surface area contributed by atoms with Gasteiger partial charge in [0.15, 0.2) is 11.6 Å². The smallest absolute Gasteiger partial charge is 0.424 e. The Balaban J connectivity index is 2.85. The summed E-state index contributed by atoms with van der Waals surface area (Å²) in [5.41, 5.74) is 4.14. The van der Waals surface area contributed by atoms with E-state index in [1.165, 1.54) is 0 Å². The van der Waals surface area contributed by atoms with Gasteiger partial charge < -0.3 is 15.6 Å². The van der Waals surface area contributed by atoms with Crippen LogP contribution in [0.1, 0.15) is 19.8 Å². The summed E-state index contributed by atoms with van der Waals surface area (Å²) >= 11 is 0. The van der Waals surface area contributed by atoms with Crippen LogP contribution in [0.4, 0.5) is 15.0 Å². The Morgan fingerprint density at radius 3 is 2.80 bits per heavy atom. The van der Waals surface area contributed by atoms with Crippen molar-refractivity contribution < 1.29 is 23.8 Å². The molecule has 0 saturated heterocycles. The van der Waals surface area contributed by atoms with Crippen LogP contribution in [0.3, 0.4) is 0 Å². The van der Waals surface area contributed by atoms with E-state index >= 15 is 0 Å². The fourth-order valence-electron chi connectivity index (χ4n) is 1.49. The molecule has 0 fully saturated rings. The highest BCUT2D eigenvalue weighted by atomic mass is 19.1. The number of aliphatic carboxylic acids is 1. The summed E-state index contributed by atoms with van der Waals surface area (Å²) in [7, 11) is 0. The van der Waals surface area contributed by atoms with Crippen molar-refractivity contribution in [2.45, 2.75) is 19.8 Å². The first-order valence-corrected chi connectivity index (χ1v) is 5.81. The van der Waals surface area contributed by atoms with Crippen LogP contribution in [-0.4, -0.2) is 33.3 Å². The van der Waals surface area contributed by atoms with Gasteiger partial charge >= 0.3 is 17.8 Å². The first-order chi connectivity index (χ1) is 9.38. The number of hydrogen-bond acceptors (Lipinski definition) is 6. The maximum atomic E-state index is 13.1. The molecule has 1 heterocycles.